The predicted octanol–water partition coefficient (Wildman–Crippen LogP) is 3.74. The fourth-order valence-electron chi connectivity index (χ4n) is 3.41. The highest BCUT2D eigenvalue weighted by Crippen LogP contribution is 2.28. The second kappa shape index (κ2) is 9.52. The number of aromatic amines is 1. The summed E-state index contributed by atoms with van der Waals surface area (Å²) in [5.74, 6) is 2.15. The number of ether oxygens (including phenoxy) is 3. The number of methoxy groups -OCH3 is 1. The van der Waals surface area contributed by atoms with Crippen LogP contribution < -0.4 is 19.5 Å². The summed E-state index contributed by atoms with van der Waals surface area (Å²) in [5.41, 5.74) is 2.17. The molecule has 1 heterocycles. The van der Waals surface area contributed by atoms with Crippen LogP contribution in [0.4, 0.5) is 0 Å². The standard InChI is InChI=1S/C24H26N2O4/c1-28-23-8-4-5-9-24(23)29-13-12-25-15-17(27)16-30-18-10-11-22-20(14-18)19-6-2-3-7-21(19)26-22/h2-11,14,17,25-27H,12-13,15-16H2,1H3. The number of aromatic nitrogens is 1. The molecule has 0 saturated heterocycles. The molecule has 6 heteroatoms. The molecule has 0 aliphatic rings. The largest absolute Gasteiger partial charge is 0.493 e. The van der Waals surface area contributed by atoms with Crippen LogP contribution in [0.15, 0.2) is 66.7 Å². The zero-order valence-corrected chi connectivity index (χ0v) is 16.9. The van der Waals surface area contributed by atoms with Crippen molar-refractivity contribution in [1.82, 2.24) is 10.3 Å². The summed E-state index contributed by atoms with van der Waals surface area (Å²) in [4.78, 5) is 3.39. The molecule has 0 fully saturated rings. The second-order valence-electron chi connectivity index (χ2n) is 7.05. The molecule has 0 bridgehead atoms. The van der Waals surface area contributed by atoms with Gasteiger partial charge >= 0.3 is 0 Å². The van der Waals surface area contributed by atoms with Crippen molar-refractivity contribution in [3.8, 4) is 17.2 Å². The van der Waals surface area contributed by atoms with Gasteiger partial charge in [0.05, 0.1) is 7.11 Å². The zero-order valence-electron chi connectivity index (χ0n) is 16.9. The first-order chi connectivity index (χ1) is 14.7. The third-order valence-corrected chi connectivity index (χ3v) is 4.91. The molecule has 4 rings (SSSR count). The summed E-state index contributed by atoms with van der Waals surface area (Å²) in [6, 6.07) is 21.6. The van der Waals surface area contributed by atoms with Crippen molar-refractivity contribution in [3.05, 3.63) is 66.7 Å². The van der Waals surface area contributed by atoms with E-state index in [9.17, 15) is 5.11 Å². The highest BCUT2D eigenvalue weighted by Gasteiger charge is 2.08. The normalized spacial score (nSPS) is 12.2. The molecule has 3 N–H and O–H groups in total. The van der Waals surface area contributed by atoms with Gasteiger partial charge in [0.15, 0.2) is 11.5 Å². The first-order valence-electron chi connectivity index (χ1n) is 10.0. The molecule has 3 aromatic carbocycles. The van der Waals surface area contributed by atoms with E-state index in [-0.39, 0.29) is 6.61 Å². The highest BCUT2D eigenvalue weighted by molar-refractivity contribution is 6.07. The molecule has 4 aromatic rings. The van der Waals surface area contributed by atoms with E-state index in [2.05, 4.69) is 22.4 Å². The van der Waals surface area contributed by atoms with Gasteiger partial charge in [0, 0.05) is 34.9 Å². The number of para-hydroxylation sites is 3. The molecule has 0 amide bonds. The molecule has 1 atom stereocenters. The van der Waals surface area contributed by atoms with Crippen LogP contribution in [-0.2, 0) is 0 Å². The van der Waals surface area contributed by atoms with Crippen LogP contribution in [0.25, 0.3) is 21.8 Å². The Hall–Kier alpha value is -3.22. The Morgan fingerprint density at radius 3 is 2.53 bits per heavy atom. The average Bonchev–Trinajstić information content (AvgIpc) is 3.15. The van der Waals surface area contributed by atoms with Gasteiger partial charge in [-0.15, -0.1) is 0 Å². The van der Waals surface area contributed by atoms with Gasteiger partial charge < -0.3 is 29.6 Å². The summed E-state index contributed by atoms with van der Waals surface area (Å²) in [7, 11) is 1.62. The number of hydrogen-bond donors (Lipinski definition) is 3. The van der Waals surface area contributed by atoms with Crippen LogP contribution in [0.1, 0.15) is 0 Å². The van der Waals surface area contributed by atoms with Crippen molar-refractivity contribution in [2.45, 2.75) is 6.10 Å². The van der Waals surface area contributed by atoms with Gasteiger partial charge in [0.2, 0.25) is 0 Å². The van der Waals surface area contributed by atoms with Crippen LogP contribution in [0.3, 0.4) is 0 Å². The summed E-state index contributed by atoms with van der Waals surface area (Å²) in [6.07, 6.45) is -0.616. The minimum absolute atomic E-state index is 0.216. The molecule has 30 heavy (non-hydrogen) atoms. The summed E-state index contributed by atoms with van der Waals surface area (Å²) < 4.78 is 16.8. The van der Waals surface area contributed by atoms with Crippen LogP contribution in [-0.4, -0.2) is 49.6 Å². The summed E-state index contributed by atoms with van der Waals surface area (Å²) in [5, 5.41) is 15.7. The van der Waals surface area contributed by atoms with Crippen LogP contribution in [0, 0.1) is 0 Å². The molecule has 0 spiro atoms. The van der Waals surface area contributed by atoms with E-state index in [1.165, 1.54) is 0 Å². The van der Waals surface area contributed by atoms with Gasteiger partial charge in [-0.25, -0.2) is 0 Å². The molecular formula is C24H26N2O4. The van der Waals surface area contributed by atoms with Gasteiger partial charge in [-0.2, -0.15) is 0 Å². The fourth-order valence-corrected chi connectivity index (χ4v) is 3.41. The monoisotopic (exact) mass is 406 g/mol. The number of fused-ring (bicyclic) bond motifs is 3. The van der Waals surface area contributed by atoms with Crippen LogP contribution in [0.5, 0.6) is 17.2 Å². The number of benzene rings is 3. The maximum Gasteiger partial charge on any atom is 0.161 e. The van der Waals surface area contributed by atoms with E-state index in [0.29, 0.717) is 31.2 Å². The lowest BCUT2D eigenvalue weighted by Crippen LogP contribution is -2.33. The van der Waals surface area contributed by atoms with E-state index in [0.717, 1.165) is 27.6 Å². The summed E-state index contributed by atoms with van der Waals surface area (Å²) >= 11 is 0. The number of hydrogen-bond acceptors (Lipinski definition) is 5. The van der Waals surface area contributed by atoms with Gasteiger partial charge in [-0.3, -0.25) is 0 Å². The maximum absolute atomic E-state index is 10.2. The first kappa shape index (κ1) is 20.1. The Labute approximate surface area is 175 Å². The molecular weight excluding hydrogens is 380 g/mol. The molecule has 1 aromatic heterocycles. The molecule has 0 saturated carbocycles. The number of aliphatic hydroxyl groups excluding tert-OH is 1. The lowest BCUT2D eigenvalue weighted by atomic mass is 10.1. The van der Waals surface area contributed by atoms with Crippen molar-refractivity contribution >= 4 is 21.8 Å². The predicted molar refractivity (Wildman–Crippen MR) is 119 cm³/mol. The fraction of sp³-hybridized carbons (Fsp3) is 0.250. The highest BCUT2D eigenvalue weighted by atomic mass is 16.5. The Bertz CT molecular complexity index is 1110. The Kier molecular flexibility index (Phi) is 6.37. The SMILES string of the molecule is COc1ccccc1OCCNCC(O)COc1ccc2[nH]c3ccccc3c2c1. The Morgan fingerprint density at radius 2 is 1.67 bits per heavy atom. The minimum atomic E-state index is -0.616. The third kappa shape index (κ3) is 4.67. The molecule has 6 nitrogen and oxygen atoms in total. The van der Waals surface area contributed by atoms with E-state index in [4.69, 9.17) is 14.2 Å². The number of rotatable bonds is 10. The number of H-pyrrole nitrogens is 1. The number of aliphatic hydroxyl groups is 1. The quantitative estimate of drug-likeness (QED) is 0.350. The molecule has 0 aliphatic carbocycles. The maximum atomic E-state index is 10.2. The van der Waals surface area contributed by atoms with Crippen molar-refractivity contribution < 1.29 is 19.3 Å². The lowest BCUT2D eigenvalue weighted by molar-refractivity contribution is 0.105. The van der Waals surface area contributed by atoms with Gasteiger partial charge in [-0.1, -0.05) is 30.3 Å². The molecule has 0 radical (unpaired) electrons. The topological polar surface area (TPSA) is 75.7 Å². The third-order valence-electron chi connectivity index (χ3n) is 4.91. The van der Waals surface area contributed by atoms with Crippen LogP contribution in [0.2, 0.25) is 0 Å². The lowest BCUT2D eigenvalue weighted by Gasteiger charge is -2.14. The number of nitrogens with one attached hydrogen (secondary N) is 2. The average molecular weight is 406 g/mol. The summed E-state index contributed by atoms with van der Waals surface area (Å²) in [6.45, 7) is 1.72. The van der Waals surface area contributed by atoms with Crippen LogP contribution >= 0.6 is 0 Å². The van der Waals surface area contributed by atoms with Crippen molar-refractivity contribution in [3.63, 3.8) is 0 Å². The Balaban J connectivity index is 1.22. The molecule has 156 valence electrons. The van der Waals surface area contributed by atoms with E-state index >= 15 is 0 Å². The molecule has 1 unspecified atom stereocenters. The van der Waals surface area contributed by atoms with Gasteiger partial charge in [-0.05, 0) is 36.4 Å². The van der Waals surface area contributed by atoms with E-state index in [1.54, 1.807) is 7.11 Å². The van der Waals surface area contributed by atoms with Crippen molar-refractivity contribution in [1.29, 1.82) is 0 Å². The van der Waals surface area contributed by atoms with Crippen molar-refractivity contribution in [2.75, 3.05) is 33.4 Å². The second-order valence-corrected chi connectivity index (χ2v) is 7.05. The first-order valence-corrected chi connectivity index (χ1v) is 10.0. The van der Waals surface area contributed by atoms with Crippen molar-refractivity contribution in [2.24, 2.45) is 0 Å². The van der Waals surface area contributed by atoms with E-state index < -0.39 is 6.10 Å². The van der Waals surface area contributed by atoms with Gasteiger partial charge in [0.25, 0.3) is 0 Å². The zero-order chi connectivity index (χ0) is 20.8. The molecule has 0 aliphatic heterocycles. The Morgan fingerprint density at radius 1 is 0.900 bits per heavy atom. The smallest absolute Gasteiger partial charge is 0.161 e. The minimum Gasteiger partial charge on any atom is -0.493 e. The van der Waals surface area contributed by atoms with E-state index in [1.807, 2.05) is 54.6 Å². The van der Waals surface area contributed by atoms with Gasteiger partial charge in [0.1, 0.15) is 25.1 Å².